The lowest BCUT2D eigenvalue weighted by molar-refractivity contribution is 0.0648. The molecule has 0 saturated carbocycles. The zero-order valence-electron chi connectivity index (χ0n) is 13.7. The van der Waals surface area contributed by atoms with Crippen molar-refractivity contribution in [1.29, 1.82) is 0 Å². The third-order valence-electron chi connectivity index (χ3n) is 4.69. The van der Waals surface area contributed by atoms with Crippen LogP contribution in [-0.2, 0) is 5.41 Å². The van der Waals surface area contributed by atoms with E-state index in [1.54, 1.807) is 12.1 Å². The maximum atomic E-state index is 11.7. The molecule has 0 amide bonds. The molecule has 0 bridgehead atoms. The average Bonchev–Trinajstić information content (AvgIpc) is 2.51. The Balaban J connectivity index is 3.44. The van der Waals surface area contributed by atoms with Gasteiger partial charge >= 0.3 is 11.9 Å². The molecule has 1 rings (SSSR count). The minimum Gasteiger partial charge on any atom is -0.478 e. The van der Waals surface area contributed by atoms with E-state index < -0.39 is 11.9 Å². The fourth-order valence-electron chi connectivity index (χ4n) is 3.24. The number of hydrogen-bond acceptors (Lipinski definition) is 2. The number of rotatable bonds is 9. The number of carboxylic acids is 2. The second-order valence-electron chi connectivity index (χ2n) is 5.78. The molecular weight excluding hydrogens is 280 g/mol. The third kappa shape index (κ3) is 3.67. The van der Waals surface area contributed by atoms with Gasteiger partial charge in [-0.1, -0.05) is 52.2 Å². The van der Waals surface area contributed by atoms with Crippen LogP contribution in [0.15, 0.2) is 18.2 Å². The van der Waals surface area contributed by atoms with Gasteiger partial charge in [0.05, 0.1) is 11.1 Å². The Morgan fingerprint density at radius 2 is 1.64 bits per heavy atom. The summed E-state index contributed by atoms with van der Waals surface area (Å²) in [5.41, 5.74) is 0.233. The van der Waals surface area contributed by atoms with Crippen LogP contribution >= 0.6 is 0 Å². The Hall–Kier alpha value is -1.84. The molecule has 0 spiro atoms. The Morgan fingerprint density at radius 1 is 1.00 bits per heavy atom. The quantitative estimate of drug-likeness (QED) is 0.647. The van der Waals surface area contributed by atoms with Crippen LogP contribution in [0.3, 0.4) is 0 Å². The van der Waals surface area contributed by atoms with E-state index >= 15 is 0 Å². The molecule has 0 heterocycles. The summed E-state index contributed by atoms with van der Waals surface area (Å²) in [5.74, 6) is -2.34. The molecule has 0 radical (unpaired) electrons. The van der Waals surface area contributed by atoms with Crippen molar-refractivity contribution in [2.24, 2.45) is 0 Å². The largest absolute Gasteiger partial charge is 0.478 e. The highest BCUT2D eigenvalue weighted by atomic mass is 16.4. The van der Waals surface area contributed by atoms with E-state index in [0.717, 1.165) is 38.5 Å². The van der Waals surface area contributed by atoms with Crippen LogP contribution in [0, 0.1) is 0 Å². The van der Waals surface area contributed by atoms with Gasteiger partial charge in [0.2, 0.25) is 0 Å². The Labute approximate surface area is 132 Å². The van der Waals surface area contributed by atoms with Gasteiger partial charge in [0.1, 0.15) is 0 Å². The van der Waals surface area contributed by atoms with Gasteiger partial charge in [0.25, 0.3) is 0 Å². The Kier molecular flexibility index (Phi) is 6.60. The molecule has 0 fully saturated rings. The molecule has 1 aromatic carbocycles. The zero-order chi connectivity index (χ0) is 16.8. The van der Waals surface area contributed by atoms with Gasteiger partial charge in [-0.25, -0.2) is 9.59 Å². The molecular formula is C18H26O4. The van der Waals surface area contributed by atoms with Crippen molar-refractivity contribution in [3.63, 3.8) is 0 Å². The number of benzene rings is 1. The van der Waals surface area contributed by atoms with Crippen molar-refractivity contribution in [2.45, 2.75) is 64.7 Å². The van der Waals surface area contributed by atoms with Crippen molar-refractivity contribution < 1.29 is 19.8 Å². The van der Waals surface area contributed by atoms with E-state index in [-0.39, 0.29) is 16.5 Å². The van der Waals surface area contributed by atoms with Gasteiger partial charge in [-0.05, 0) is 36.3 Å². The zero-order valence-corrected chi connectivity index (χ0v) is 13.7. The fourth-order valence-corrected chi connectivity index (χ4v) is 3.24. The molecule has 2 N–H and O–H groups in total. The number of carbonyl (C=O) groups is 2. The molecule has 1 aromatic rings. The van der Waals surface area contributed by atoms with E-state index in [1.807, 2.05) is 0 Å². The van der Waals surface area contributed by atoms with E-state index in [1.165, 1.54) is 6.07 Å². The van der Waals surface area contributed by atoms with Crippen molar-refractivity contribution in [1.82, 2.24) is 0 Å². The summed E-state index contributed by atoms with van der Waals surface area (Å²) < 4.78 is 0. The highest BCUT2D eigenvalue weighted by molar-refractivity contribution is 6.03. The minimum atomic E-state index is -1.19. The van der Waals surface area contributed by atoms with Crippen LogP contribution in [0.2, 0.25) is 0 Å². The van der Waals surface area contributed by atoms with Crippen LogP contribution in [0.1, 0.15) is 85.6 Å². The molecule has 22 heavy (non-hydrogen) atoms. The van der Waals surface area contributed by atoms with Crippen LogP contribution in [0.4, 0.5) is 0 Å². The molecule has 0 saturated heterocycles. The summed E-state index contributed by atoms with van der Waals surface area (Å²) in [5, 5.41) is 18.9. The Bertz CT molecular complexity index is 530. The van der Waals surface area contributed by atoms with E-state index in [2.05, 4.69) is 20.8 Å². The monoisotopic (exact) mass is 306 g/mol. The third-order valence-corrected chi connectivity index (χ3v) is 4.69. The van der Waals surface area contributed by atoms with Gasteiger partial charge in [-0.15, -0.1) is 0 Å². The summed E-state index contributed by atoms with van der Waals surface area (Å²) in [7, 11) is 0. The van der Waals surface area contributed by atoms with Gasteiger partial charge < -0.3 is 10.2 Å². The number of unbranched alkanes of at least 4 members (excludes halogenated alkanes) is 2. The first-order valence-electron chi connectivity index (χ1n) is 8.03. The molecule has 0 aliphatic heterocycles. The van der Waals surface area contributed by atoms with Crippen LogP contribution in [-0.4, -0.2) is 22.2 Å². The highest BCUT2D eigenvalue weighted by Crippen LogP contribution is 2.39. The maximum absolute atomic E-state index is 11.7. The second kappa shape index (κ2) is 7.97. The summed E-state index contributed by atoms with van der Waals surface area (Å²) >= 11 is 0. The average molecular weight is 306 g/mol. The molecule has 0 unspecified atom stereocenters. The van der Waals surface area contributed by atoms with Crippen molar-refractivity contribution in [3.8, 4) is 0 Å². The summed E-state index contributed by atoms with van der Waals surface area (Å²) in [6.45, 7) is 6.23. The molecule has 0 aliphatic rings. The molecule has 122 valence electrons. The van der Waals surface area contributed by atoms with Crippen molar-refractivity contribution in [3.05, 3.63) is 34.9 Å². The molecule has 0 aromatic heterocycles. The van der Waals surface area contributed by atoms with Gasteiger partial charge in [0, 0.05) is 0 Å². The molecule has 0 aliphatic carbocycles. The smallest absolute Gasteiger partial charge is 0.336 e. The van der Waals surface area contributed by atoms with Crippen LogP contribution in [0.5, 0.6) is 0 Å². The lowest BCUT2D eigenvalue weighted by Gasteiger charge is -2.34. The lowest BCUT2D eigenvalue weighted by Crippen LogP contribution is -2.28. The summed E-state index contributed by atoms with van der Waals surface area (Å²) in [6.07, 6.45) is 5.71. The van der Waals surface area contributed by atoms with E-state index in [4.69, 9.17) is 0 Å². The molecule has 4 heteroatoms. The summed E-state index contributed by atoms with van der Waals surface area (Å²) in [6, 6.07) is 4.82. The van der Waals surface area contributed by atoms with E-state index in [0.29, 0.717) is 5.56 Å². The Morgan fingerprint density at radius 3 is 2.09 bits per heavy atom. The predicted octanol–water partition coefficient (Wildman–Crippen LogP) is 4.72. The molecule has 4 nitrogen and oxygen atoms in total. The topological polar surface area (TPSA) is 74.6 Å². The normalized spacial score (nSPS) is 11.4. The number of hydrogen-bond donors (Lipinski definition) is 2. The maximum Gasteiger partial charge on any atom is 0.336 e. The van der Waals surface area contributed by atoms with Crippen LogP contribution < -0.4 is 0 Å². The lowest BCUT2D eigenvalue weighted by atomic mass is 9.70. The van der Waals surface area contributed by atoms with Gasteiger partial charge in [-0.2, -0.15) is 0 Å². The first kappa shape index (κ1) is 18.2. The first-order chi connectivity index (χ1) is 10.4. The van der Waals surface area contributed by atoms with E-state index in [9.17, 15) is 19.8 Å². The number of carboxylic acid groups (broad SMARTS) is 2. The van der Waals surface area contributed by atoms with Gasteiger partial charge in [0.15, 0.2) is 0 Å². The standard InChI is InChI=1S/C18H26O4/c1-4-7-8-12-18(5-2,6-3)14-11-9-10-13(16(19)20)15(14)17(21)22/h9-11H,4-8,12H2,1-3H3,(H,19,20)(H,21,22). The minimum absolute atomic E-state index is 0.0461. The molecule has 0 atom stereocenters. The number of aromatic carboxylic acids is 2. The first-order valence-corrected chi connectivity index (χ1v) is 8.03. The predicted molar refractivity (Wildman–Crippen MR) is 86.8 cm³/mol. The highest BCUT2D eigenvalue weighted by Gasteiger charge is 2.34. The van der Waals surface area contributed by atoms with Crippen LogP contribution in [0.25, 0.3) is 0 Å². The van der Waals surface area contributed by atoms with Crippen molar-refractivity contribution >= 4 is 11.9 Å². The van der Waals surface area contributed by atoms with Gasteiger partial charge in [-0.3, -0.25) is 0 Å². The fraction of sp³-hybridized carbons (Fsp3) is 0.556. The second-order valence-corrected chi connectivity index (χ2v) is 5.78. The SMILES string of the molecule is CCCCCC(CC)(CC)c1cccc(C(=O)O)c1C(=O)O. The van der Waals surface area contributed by atoms with Crippen molar-refractivity contribution in [2.75, 3.05) is 0 Å². The summed E-state index contributed by atoms with van der Waals surface area (Å²) in [4.78, 5) is 23.1.